The van der Waals surface area contributed by atoms with E-state index in [9.17, 15) is 5.11 Å². The van der Waals surface area contributed by atoms with E-state index in [1.165, 1.54) is 5.56 Å². The molecule has 0 radical (unpaired) electrons. The molecule has 2 aromatic rings. The lowest BCUT2D eigenvalue weighted by atomic mass is 9.96. The lowest BCUT2D eigenvalue weighted by Crippen LogP contribution is -2.37. The SMILES string of the molecule is C=C(c1ccc(C)cc1Cl)c1nc(C)cc(CCC)c1N(CCC)CC(O)COCC. The van der Waals surface area contributed by atoms with Crippen molar-refractivity contribution in [1.29, 1.82) is 0 Å². The number of anilines is 1. The summed E-state index contributed by atoms with van der Waals surface area (Å²) in [5.74, 6) is 0. The highest BCUT2D eigenvalue weighted by atomic mass is 35.5. The Morgan fingerprint density at radius 3 is 2.55 bits per heavy atom. The Balaban J connectivity index is 2.60. The number of ether oxygens (including phenoxy) is 1. The summed E-state index contributed by atoms with van der Waals surface area (Å²) in [6.07, 6.45) is 2.33. The van der Waals surface area contributed by atoms with Crippen molar-refractivity contribution >= 4 is 22.9 Å². The second-order valence-electron chi connectivity index (χ2n) is 8.09. The number of aromatic nitrogens is 1. The van der Waals surface area contributed by atoms with E-state index >= 15 is 0 Å². The molecule has 5 heteroatoms. The summed E-state index contributed by atoms with van der Waals surface area (Å²) >= 11 is 6.59. The molecule has 0 saturated carbocycles. The normalized spacial score (nSPS) is 12.1. The number of aryl methyl sites for hydroxylation is 3. The maximum atomic E-state index is 10.6. The quantitative estimate of drug-likeness (QED) is 0.437. The van der Waals surface area contributed by atoms with Gasteiger partial charge in [-0.25, -0.2) is 0 Å². The summed E-state index contributed by atoms with van der Waals surface area (Å²) in [5, 5.41) is 11.3. The van der Waals surface area contributed by atoms with Gasteiger partial charge >= 0.3 is 0 Å². The smallest absolute Gasteiger partial charge is 0.0948 e. The average molecular weight is 445 g/mol. The molecule has 0 aliphatic rings. The Kier molecular flexibility index (Phi) is 10.0. The molecule has 1 atom stereocenters. The highest BCUT2D eigenvalue weighted by molar-refractivity contribution is 6.32. The summed E-state index contributed by atoms with van der Waals surface area (Å²) in [6.45, 7) is 16.9. The highest BCUT2D eigenvalue weighted by Crippen LogP contribution is 2.36. The second-order valence-corrected chi connectivity index (χ2v) is 8.50. The average Bonchev–Trinajstić information content (AvgIpc) is 2.71. The van der Waals surface area contributed by atoms with Gasteiger partial charge in [-0.3, -0.25) is 4.98 Å². The largest absolute Gasteiger partial charge is 0.389 e. The number of aliphatic hydroxyl groups excluding tert-OH is 1. The third kappa shape index (κ3) is 6.80. The Morgan fingerprint density at radius 2 is 1.94 bits per heavy atom. The number of hydrogen-bond acceptors (Lipinski definition) is 4. The Bertz CT molecular complexity index is 882. The first-order valence-corrected chi connectivity index (χ1v) is 11.7. The van der Waals surface area contributed by atoms with Gasteiger partial charge in [0.2, 0.25) is 0 Å². The van der Waals surface area contributed by atoms with Gasteiger partial charge in [0.25, 0.3) is 0 Å². The van der Waals surface area contributed by atoms with Crippen molar-refractivity contribution in [2.24, 2.45) is 0 Å². The fourth-order valence-electron chi connectivity index (χ4n) is 3.88. The molecule has 0 aliphatic heterocycles. The maximum Gasteiger partial charge on any atom is 0.0948 e. The molecule has 0 saturated heterocycles. The van der Waals surface area contributed by atoms with Gasteiger partial charge in [-0.05, 0) is 56.9 Å². The predicted octanol–water partition coefficient (Wildman–Crippen LogP) is 5.98. The van der Waals surface area contributed by atoms with Crippen LogP contribution in [0.2, 0.25) is 5.02 Å². The summed E-state index contributed by atoms with van der Waals surface area (Å²) in [7, 11) is 0. The van der Waals surface area contributed by atoms with Crippen LogP contribution >= 0.6 is 11.6 Å². The fraction of sp³-hybridized carbons (Fsp3) is 0.500. The first-order chi connectivity index (χ1) is 14.8. The molecule has 1 unspecified atom stereocenters. The third-order valence-corrected chi connectivity index (χ3v) is 5.52. The van der Waals surface area contributed by atoms with E-state index in [0.29, 0.717) is 24.8 Å². The number of benzene rings is 1. The van der Waals surface area contributed by atoms with Gasteiger partial charge in [-0.1, -0.05) is 50.6 Å². The zero-order chi connectivity index (χ0) is 23.0. The van der Waals surface area contributed by atoms with Gasteiger partial charge in [0, 0.05) is 41.5 Å². The van der Waals surface area contributed by atoms with Crippen LogP contribution in [0.25, 0.3) is 5.57 Å². The van der Waals surface area contributed by atoms with Crippen LogP contribution in [0.3, 0.4) is 0 Å². The van der Waals surface area contributed by atoms with Gasteiger partial charge in [0.1, 0.15) is 0 Å². The van der Waals surface area contributed by atoms with E-state index in [1.54, 1.807) is 0 Å². The molecule has 4 nitrogen and oxygen atoms in total. The van der Waals surface area contributed by atoms with Crippen LogP contribution < -0.4 is 4.90 Å². The van der Waals surface area contributed by atoms with Gasteiger partial charge in [-0.2, -0.15) is 0 Å². The van der Waals surface area contributed by atoms with Crippen LogP contribution in [0, 0.1) is 13.8 Å². The van der Waals surface area contributed by atoms with Crippen molar-refractivity contribution < 1.29 is 9.84 Å². The van der Waals surface area contributed by atoms with E-state index in [-0.39, 0.29) is 0 Å². The molecule has 1 aromatic heterocycles. The lowest BCUT2D eigenvalue weighted by molar-refractivity contribution is 0.0463. The van der Waals surface area contributed by atoms with E-state index in [1.807, 2.05) is 39.0 Å². The molecule has 0 amide bonds. The zero-order valence-corrected chi connectivity index (χ0v) is 20.4. The predicted molar refractivity (Wildman–Crippen MR) is 132 cm³/mol. The lowest BCUT2D eigenvalue weighted by Gasteiger charge is -2.31. The molecule has 1 N–H and O–H groups in total. The number of nitrogens with zero attached hydrogens (tertiary/aromatic N) is 2. The number of rotatable bonds is 12. The Hall–Kier alpha value is -1.88. The molecule has 0 spiro atoms. The van der Waals surface area contributed by atoms with Crippen molar-refractivity contribution in [2.45, 2.75) is 60.0 Å². The maximum absolute atomic E-state index is 10.6. The zero-order valence-electron chi connectivity index (χ0n) is 19.7. The molecule has 0 fully saturated rings. The van der Waals surface area contributed by atoms with E-state index in [4.69, 9.17) is 21.3 Å². The van der Waals surface area contributed by atoms with Crippen LogP contribution in [0.1, 0.15) is 61.7 Å². The number of aliphatic hydroxyl groups is 1. The molecular formula is C26H37ClN2O2. The minimum Gasteiger partial charge on any atom is -0.389 e. The van der Waals surface area contributed by atoms with Crippen molar-refractivity contribution in [3.05, 3.63) is 63.9 Å². The van der Waals surface area contributed by atoms with Crippen LogP contribution in [0.5, 0.6) is 0 Å². The standard InChI is InChI=1S/C26H37ClN2O2/c1-7-10-21-15-19(5)28-25(20(6)23-12-11-18(4)14-24(23)27)26(21)29(13-8-2)16-22(30)17-31-9-3/h11-12,14-15,22,30H,6-10,13,16-17H2,1-5H3. The van der Waals surface area contributed by atoms with Crippen LogP contribution in [0.4, 0.5) is 5.69 Å². The molecule has 31 heavy (non-hydrogen) atoms. The summed E-state index contributed by atoms with van der Waals surface area (Å²) in [5.41, 5.74) is 6.88. The molecule has 0 bridgehead atoms. The highest BCUT2D eigenvalue weighted by Gasteiger charge is 2.23. The number of hydrogen-bond donors (Lipinski definition) is 1. The first-order valence-electron chi connectivity index (χ1n) is 11.3. The molecule has 0 aliphatic carbocycles. The number of pyridine rings is 1. The van der Waals surface area contributed by atoms with Crippen molar-refractivity contribution in [3.8, 4) is 0 Å². The van der Waals surface area contributed by atoms with E-state index in [2.05, 4.69) is 31.4 Å². The van der Waals surface area contributed by atoms with Crippen molar-refractivity contribution in [3.63, 3.8) is 0 Å². The summed E-state index contributed by atoms with van der Waals surface area (Å²) < 4.78 is 5.45. The molecular weight excluding hydrogens is 408 g/mol. The molecule has 1 aromatic carbocycles. The third-order valence-electron chi connectivity index (χ3n) is 5.21. The summed E-state index contributed by atoms with van der Waals surface area (Å²) in [6, 6.07) is 8.18. The first kappa shape index (κ1) is 25.4. The van der Waals surface area contributed by atoms with E-state index < -0.39 is 6.10 Å². The molecule has 2 rings (SSSR count). The summed E-state index contributed by atoms with van der Waals surface area (Å²) in [4.78, 5) is 7.16. The van der Waals surface area contributed by atoms with Crippen molar-refractivity contribution in [2.75, 3.05) is 31.2 Å². The second kappa shape index (κ2) is 12.2. The molecule has 1 heterocycles. The van der Waals surface area contributed by atoms with Crippen LogP contribution in [-0.4, -0.2) is 42.5 Å². The van der Waals surface area contributed by atoms with Gasteiger partial charge < -0.3 is 14.7 Å². The van der Waals surface area contributed by atoms with Crippen LogP contribution in [0.15, 0.2) is 30.8 Å². The van der Waals surface area contributed by atoms with Crippen LogP contribution in [-0.2, 0) is 11.2 Å². The van der Waals surface area contributed by atoms with E-state index in [0.717, 1.165) is 59.6 Å². The van der Waals surface area contributed by atoms with Crippen molar-refractivity contribution in [1.82, 2.24) is 4.98 Å². The number of halogens is 1. The van der Waals surface area contributed by atoms with Gasteiger partial charge in [-0.15, -0.1) is 0 Å². The topological polar surface area (TPSA) is 45.6 Å². The monoisotopic (exact) mass is 444 g/mol. The minimum atomic E-state index is -0.577. The fourth-order valence-corrected chi connectivity index (χ4v) is 4.22. The Morgan fingerprint density at radius 1 is 1.19 bits per heavy atom. The Labute approximate surface area is 192 Å². The minimum absolute atomic E-state index is 0.319. The van der Waals surface area contributed by atoms with Gasteiger partial charge in [0.15, 0.2) is 0 Å². The van der Waals surface area contributed by atoms with Gasteiger partial charge in [0.05, 0.1) is 24.1 Å². The molecule has 170 valence electrons.